The van der Waals surface area contributed by atoms with E-state index in [1.54, 1.807) is 22.2 Å². The number of thiophene rings is 1. The van der Waals surface area contributed by atoms with E-state index in [-0.39, 0.29) is 11.9 Å². The molecule has 24 heavy (non-hydrogen) atoms. The van der Waals surface area contributed by atoms with Crippen LogP contribution < -0.4 is 11.1 Å². The van der Waals surface area contributed by atoms with Crippen LogP contribution >= 0.6 is 11.3 Å². The lowest BCUT2D eigenvalue weighted by atomic mass is 9.67. The monoisotopic (exact) mass is 345 g/mol. The lowest BCUT2D eigenvalue weighted by molar-refractivity contribution is 0.0751. The molecule has 1 amide bonds. The highest BCUT2D eigenvalue weighted by Gasteiger charge is 2.40. The molecule has 2 aliphatic rings. The molecule has 0 saturated heterocycles. The minimum Gasteiger partial charge on any atom is -0.347 e. The first-order chi connectivity index (χ1) is 11.7. The fourth-order valence-corrected chi connectivity index (χ4v) is 4.99. The normalized spacial score (nSPS) is 29.4. The van der Waals surface area contributed by atoms with Gasteiger partial charge in [0.2, 0.25) is 0 Å². The Kier molecular flexibility index (Phi) is 4.37. The summed E-state index contributed by atoms with van der Waals surface area (Å²) < 4.78 is 1.72. The van der Waals surface area contributed by atoms with Gasteiger partial charge in [-0.05, 0) is 49.0 Å². The summed E-state index contributed by atoms with van der Waals surface area (Å²) >= 11 is 1.67. The Morgan fingerprint density at radius 3 is 2.88 bits per heavy atom. The van der Waals surface area contributed by atoms with Crippen molar-refractivity contribution in [2.45, 2.75) is 50.7 Å². The van der Waals surface area contributed by atoms with Gasteiger partial charge in [-0.1, -0.05) is 17.7 Å². The molecule has 128 valence electrons. The van der Waals surface area contributed by atoms with Crippen molar-refractivity contribution in [3.63, 3.8) is 0 Å². The zero-order valence-corrected chi connectivity index (χ0v) is 14.4. The highest BCUT2D eigenvalue weighted by molar-refractivity contribution is 7.09. The van der Waals surface area contributed by atoms with Crippen LogP contribution in [0.1, 0.15) is 47.5 Å². The second-order valence-electron chi connectivity index (χ2n) is 7.06. The van der Waals surface area contributed by atoms with Gasteiger partial charge in [0.25, 0.3) is 5.91 Å². The molecule has 0 aromatic carbocycles. The molecule has 2 heterocycles. The summed E-state index contributed by atoms with van der Waals surface area (Å²) in [6.07, 6.45) is 7.37. The quantitative estimate of drug-likeness (QED) is 0.888. The van der Waals surface area contributed by atoms with Crippen LogP contribution in [0.3, 0.4) is 0 Å². The molecule has 2 fully saturated rings. The molecular weight excluding hydrogens is 322 g/mol. The predicted molar refractivity (Wildman–Crippen MR) is 92.7 cm³/mol. The average Bonchev–Trinajstić information content (AvgIpc) is 3.20. The number of nitrogens with two attached hydrogens (primary N) is 1. The van der Waals surface area contributed by atoms with E-state index < -0.39 is 0 Å². The fourth-order valence-electron chi connectivity index (χ4n) is 4.29. The zero-order valence-electron chi connectivity index (χ0n) is 13.6. The summed E-state index contributed by atoms with van der Waals surface area (Å²) in [5, 5.41) is 13.4. The largest absolute Gasteiger partial charge is 0.347 e. The van der Waals surface area contributed by atoms with E-state index in [9.17, 15) is 4.79 Å². The van der Waals surface area contributed by atoms with Crippen LogP contribution in [0, 0.1) is 11.8 Å². The Morgan fingerprint density at radius 1 is 1.38 bits per heavy atom. The number of hydrogen-bond donors (Lipinski definition) is 2. The van der Waals surface area contributed by atoms with Crippen molar-refractivity contribution >= 4 is 17.2 Å². The van der Waals surface area contributed by atoms with E-state index in [0.717, 1.165) is 12.8 Å². The van der Waals surface area contributed by atoms with E-state index in [1.807, 2.05) is 11.4 Å². The van der Waals surface area contributed by atoms with Gasteiger partial charge in [0.15, 0.2) is 5.69 Å². The molecule has 2 saturated carbocycles. The molecule has 4 rings (SSSR count). The van der Waals surface area contributed by atoms with Gasteiger partial charge in [0.1, 0.15) is 0 Å². The second kappa shape index (κ2) is 6.64. The Balaban J connectivity index is 1.42. The smallest absolute Gasteiger partial charge is 0.273 e. The van der Waals surface area contributed by atoms with Crippen molar-refractivity contribution in [3.8, 4) is 0 Å². The third kappa shape index (κ3) is 3.23. The van der Waals surface area contributed by atoms with Crippen LogP contribution in [0.2, 0.25) is 0 Å². The maximum Gasteiger partial charge on any atom is 0.273 e. The first kappa shape index (κ1) is 15.8. The SMILES string of the molecule is NC1CC2CCCC(C1)C2NC(=O)c1cn(Cc2cccs2)nn1. The molecule has 6 nitrogen and oxygen atoms in total. The molecular formula is C17H23N5OS. The van der Waals surface area contributed by atoms with Crippen molar-refractivity contribution < 1.29 is 4.79 Å². The second-order valence-corrected chi connectivity index (χ2v) is 8.09. The van der Waals surface area contributed by atoms with E-state index in [1.165, 1.54) is 24.1 Å². The summed E-state index contributed by atoms with van der Waals surface area (Å²) in [4.78, 5) is 13.8. The minimum atomic E-state index is -0.107. The highest BCUT2D eigenvalue weighted by atomic mass is 32.1. The van der Waals surface area contributed by atoms with Gasteiger partial charge in [-0.2, -0.15) is 0 Å². The molecule has 3 N–H and O–H groups in total. The van der Waals surface area contributed by atoms with Crippen molar-refractivity contribution in [2.75, 3.05) is 0 Å². The Morgan fingerprint density at radius 2 is 2.17 bits per heavy atom. The van der Waals surface area contributed by atoms with Crippen molar-refractivity contribution in [1.29, 1.82) is 0 Å². The number of carbonyl (C=O) groups excluding carboxylic acids is 1. The molecule has 2 aromatic heterocycles. The number of nitrogens with zero attached hydrogens (tertiary/aromatic N) is 3. The van der Waals surface area contributed by atoms with Gasteiger partial charge in [-0.15, -0.1) is 16.4 Å². The van der Waals surface area contributed by atoms with E-state index in [2.05, 4.69) is 21.7 Å². The highest BCUT2D eigenvalue weighted by Crippen LogP contribution is 2.39. The maximum atomic E-state index is 12.6. The molecule has 2 aliphatic carbocycles. The number of rotatable bonds is 4. The number of aromatic nitrogens is 3. The molecule has 0 spiro atoms. The van der Waals surface area contributed by atoms with Gasteiger partial charge >= 0.3 is 0 Å². The summed E-state index contributed by atoms with van der Waals surface area (Å²) in [5.41, 5.74) is 6.56. The number of nitrogens with one attached hydrogen (secondary N) is 1. The van der Waals surface area contributed by atoms with Crippen LogP contribution in [0.25, 0.3) is 0 Å². The first-order valence-electron chi connectivity index (χ1n) is 8.68. The van der Waals surface area contributed by atoms with E-state index in [0.29, 0.717) is 30.1 Å². The lowest BCUT2D eigenvalue weighted by Crippen LogP contribution is -2.53. The lowest BCUT2D eigenvalue weighted by Gasteiger charge is -2.45. The first-order valence-corrected chi connectivity index (χ1v) is 9.56. The molecule has 2 atom stereocenters. The third-order valence-corrected chi connectivity index (χ3v) is 6.20. The van der Waals surface area contributed by atoms with Gasteiger partial charge < -0.3 is 11.1 Å². The topological polar surface area (TPSA) is 85.8 Å². The number of hydrogen-bond acceptors (Lipinski definition) is 5. The summed E-state index contributed by atoms with van der Waals surface area (Å²) in [5.74, 6) is 0.917. The fraction of sp³-hybridized carbons (Fsp3) is 0.588. The molecule has 0 aliphatic heterocycles. The molecule has 7 heteroatoms. The Bertz CT molecular complexity index is 684. The van der Waals surface area contributed by atoms with Gasteiger partial charge in [0, 0.05) is 17.0 Å². The van der Waals surface area contributed by atoms with Crippen LogP contribution in [-0.2, 0) is 6.54 Å². The minimum absolute atomic E-state index is 0.107. The van der Waals surface area contributed by atoms with Crippen LogP contribution in [0.5, 0.6) is 0 Å². The Labute approximate surface area is 145 Å². The number of carbonyl (C=O) groups is 1. The zero-order chi connectivity index (χ0) is 16.5. The van der Waals surface area contributed by atoms with Crippen molar-refractivity contribution in [3.05, 3.63) is 34.3 Å². The molecule has 2 bridgehead atoms. The molecule has 0 radical (unpaired) electrons. The Hall–Kier alpha value is -1.73. The number of fused-ring (bicyclic) bond motifs is 2. The van der Waals surface area contributed by atoms with Gasteiger partial charge in [-0.3, -0.25) is 4.79 Å². The summed E-state index contributed by atoms with van der Waals surface area (Å²) in [6.45, 7) is 0.654. The van der Waals surface area contributed by atoms with Crippen LogP contribution in [-0.4, -0.2) is 33.0 Å². The maximum absolute atomic E-state index is 12.6. The van der Waals surface area contributed by atoms with Crippen LogP contribution in [0.4, 0.5) is 0 Å². The molecule has 2 aromatic rings. The van der Waals surface area contributed by atoms with Crippen molar-refractivity contribution in [1.82, 2.24) is 20.3 Å². The third-order valence-electron chi connectivity index (χ3n) is 5.34. The summed E-state index contributed by atoms with van der Waals surface area (Å²) in [6, 6.07) is 4.60. The number of amides is 1. The van der Waals surface area contributed by atoms with Crippen molar-refractivity contribution in [2.24, 2.45) is 17.6 Å². The van der Waals surface area contributed by atoms with E-state index >= 15 is 0 Å². The summed E-state index contributed by atoms with van der Waals surface area (Å²) in [7, 11) is 0. The molecule has 2 unspecified atom stereocenters. The predicted octanol–water partition coefficient (Wildman–Crippen LogP) is 2.02. The van der Waals surface area contributed by atoms with Crippen LogP contribution in [0.15, 0.2) is 23.7 Å². The standard InChI is InChI=1S/C17H23N5OS/c18-13-7-11-3-1-4-12(8-13)16(11)19-17(23)15-10-22(21-20-15)9-14-5-2-6-24-14/h2,5-6,10-13,16H,1,3-4,7-9,18H2,(H,19,23). The van der Waals surface area contributed by atoms with Gasteiger partial charge in [-0.25, -0.2) is 4.68 Å². The van der Waals surface area contributed by atoms with Gasteiger partial charge in [0.05, 0.1) is 12.7 Å². The van der Waals surface area contributed by atoms with E-state index in [4.69, 9.17) is 5.73 Å². The average molecular weight is 345 g/mol.